The fraction of sp³-hybridized carbons (Fsp3) is 0.300. The number of hydrogen-bond acceptors (Lipinski definition) is 3. The van der Waals surface area contributed by atoms with Crippen molar-refractivity contribution in [3.05, 3.63) is 71.3 Å². The van der Waals surface area contributed by atoms with Crippen LogP contribution in [0.3, 0.4) is 0 Å². The molecule has 124 valence electrons. The highest BCUT2D eigenvalue weighted by Crippen LogP contribution is 2.47. The number of amides is 1. The zero-order valence-corrected chi connectivity index (χ0v) is 13.9. The number of carbonyl (C=O) groups excluding carboxylic acids is 2. The van der Waals surface area contributed by atoms with Crippen LogP contribution in [-0.4, -0.2) is 19.0 Å². The van der Waals surface area contributed by atoms with Crippen molar-refractivity contribution in [3.8, 4) is 0 Å². The van der Waals surface area contributed by atoms with Crippen molar-refractivity contribution < 1.29 is 14.3 Å². The Bertz CT molecular complexity index is 724. The zero-order chi connectivity index (χ0) is 17.1. The number of hydrogen-bond donors (Lipinski definition) is 1. The average molecular weight is 323 g/mol. The maximum absolute atomic E-state index is 12.6. The molecule has 0 radical (unpaired) electrons. The number of nitrogens with one attached hydrogen (secondary N) is 1. The van der Waals surface area contributed by atoms with E-state index in [-0.39, 0.29) is 11.9 Å². The molecule has 3 atom stereocenters. The van der Waals surface area contributed by atoms with Gasteiger partial charge in [0.2, 0.25) is 0 Å². The van der Waals surface area contributed by atoms with Gasteiger partial charge in [-0.1, -0.05) is 37.3 Å². The molecule has 0 bridgehead atoms. The molecular formula is C20H21NO3. The number of methoxy groups -OCH3 is 1. The molecule has 1 aliphatic carbocycles. The molecule has 2 aromatic carbocycles. The summed E-state index contributed by atoms with van der Waals surface area (Å²) in [5.74, 6) is 0.568. The van der Waals surface area contributed by atoms with Gasteiger partial charge in [0.1, 0.15) is 0 Å². The number of ether oxygens (including phenoxy) is 1. The second-order valence-electron chi connectivity index (χ2n) is 6.31. The van der Waals surface area contributed by atoms with Gasteiger partial charge in [-0.2, -0.15) is 0 Å². The molecule has 3 unspecified atom stereocenters. The summed E-state index contributed by atoms with van der Waals surface area (Å²) in [6.45, 7) is 2.21. The second kappa shape index (κ2) is 6.87. The van der Waals surface area contributed by atoms with Crippen LogP contribution in [0.4, 0.5) is 0 Å². The Morgan fingerprint density at radius 1 is 1.04 bits per heavy atom. The molecule has 1 saturated carbocycles. The van der Waals surface area contributed by atoms with E-state index in [1.54, 1.807) is 24.3 Å². The fourth-order valence-corrected chi connectivity index (χ4v) is 3.01. The molecule has 0 aromatic heterocycles. The van der Waals surface area contributed by atoms with Crippen LogP contribution < -0.4 is 5.32 Å². The summed E-state index contributed by atoms with van der Waals surface area (Å²) >= 11 is 0. The normalized spacial score (nSPS) is 20.1. The summed E-state index contributed by atoms with van der Waals surface area (Å²) in [4.78, 5) is 24.1. The molecule has 0 heterocycles. The van der Waals surface area contributed by atoms with E-state index in [0.29, 0.717) is 23.0 Å². The smallest absolute Gasteiger partial charge is 0.337 e. The molecule has 2 aromatic rings. The van der Waals surface area contributed by atoms with E-state index in [1.807, 2.05) is 18.2 Å². The van der Waals surface area contributed by atoms with Gasteiger partial charge in [0, 0.05) is 5.56 Å². The Balaban J connectivity index is 1.75. The monoisotopic (exact) mass is 323 g/mol. The van der Waals surface area contributed by atoms with E-state index in [4.69, 9.17) is 0 Å². The van der Waals surface area contributed by atoms with Crippen LogP contribution in [0.1, 0.15) is 45.7 Å². The van der Waals surface area contributed by atoms with Gasteiger partial charge in [-0.15, -0.1) is 0 Å². The van der Waals surface area contributed by atoms with Gasteiger partial charge in [-0.25, -0.2) is 4.79 Å². The van der Waals surface area contributed by atoms with Gasteiger partial charge >= 0.3 is 5.97 Å². The SMILES string of the molecule is COC(=O)c1ccc(C(=O)NC(c2ccccc2)C2CC2C)cc1. The van der Waals surface area contributed by atoms with Gasteiger partial charge in [0.05, 0.1) is 18.7 Å². The molecule has 1 N–H and O–H groups in total. The lowest BCUT2D eigenvalue weighted by atomic mass is 10.0. The Morgan fingerprint density at radius 2 is 1.62 bits per heavy atom. The molecule has 1 fully saturated rings. The van der Waals surface area contributed by atoms with Crippen LogP contribution in [0.25, 0.3) is 0 Å². The fourth-order valence-electron chi connectivity index (χ4n) is 3.01. The third kappa shape index (κ3) is 3.48. The molecular weight excluding hydrogens is 302 g/mol. The van der Waals surface area contributed by atoms with Crippen LogP contribution in [0.15, 0.2) is 54.6 Å². The maximum atomic E-state index is 12.6. The third-order valence-electron chi connectivity index (χ3n) is 4.61. The van der Waals surface area contributed by atoms with Gasteiger partial charge < -0.3 is 10.1 Å². The van der Waals surface area contributed by atoms with E-state index >= 15 is 0 Å². The van der Waals surface area contributed by atoms with Gasteiger partial charge in [0.25, 0.3) is 5.91 Å². The Labute approximate surface area is 141 Å². The number of carbonyl (C=O) groups is 2. The Hall–Kier alpha value is -2.62. The molecule has 1 aliphatic rings. The highest BCUT2D eigenvalue weighted by Gasteiger charge is 2.40. The summed E-state index contributed by atoms with van der Waals surface area (Å²) in [6.07, 6.45) is 1.13. The summed E-state index contributed by atoms with van der Waals surface area (Å²) in [5.41, 5.74) is 2.10. The lowest BCUT2D eigenvalue weighted by molar-refractivity contribution is 0.0600. The first kappa shape index (κ1) is 16.2. The minimum absolute atomic E-state index is 0.0222. The Morgan fingerprint density at radius 3 is 2.17 bits per heavy atom. The van der Waals surface area contributed by atoms with Crippen LogP contribution in [0.2, 0.25) is 0 Å². The second-order valence-corrected chi connectivity index (χ2v) is 6.31. The number of esters is 1. The van der Waals surface area contributed by atoms with E-state index in [2.05, 4.69) is 29.1 Å². The van der Waals surface area contributed by atoms with Gasteiger partial charge in [-0.3, -0.25) is 4.79 Å². The predicted molar refractivity (Wildman–Crippen MR) is 91.7 cm³/mol. The zero-order valence-electron chi connectivity index (χ0n) is 13.9. The van der Waals surface area contributed by atoms with Crippen LogP contribution >= 0.6 is 0 Å². The van der Waals surface area contributed by atoms with E-state index in [1.165, 1.54) is 7.11 Å². The Kier molecular flexibility index (Phi) is 4.65. The first-order valence-corrected chi connectivity index (χ1v) is 8.14. The average Bonchev–Trinajstić information content (AvgIpc) is 3.36. The first-order chi connectivity index (χ1) is 11.6. The molecule has 0 spiro atoms. The van der Waals surface area contributed by atoms with Crippen molar-refractivity contribution >= 4 is 11.9 Å². The molecule has 0 aliphatic heterocycles. The summed E-state index contributed by atoms with van der Waals surface area (Å²) < 4.78 is 4.67. The van der Waals surface area contributed by atoms with Crippen molar-refractivity contribution in [1.82, 2.24) is 5.32 Å². The summed E-state index contributed by atoms with van der Waals surface area (Å²) in [7, 11) is 1.34. The predicted octanol–water partition coefficient (Wildman–Crippen LogP) is 3.60. The van der Waals surface area contributed by atoms with Crippen LogP contribution in [0, 0.1) is 11.8 Å². The van der Waals surface area contributed by atoms with Gasteiger partial charge in [-0.05, 0) is 48.1 Å². The maximum Gasteiger partial charge on any atom is 0.337 e. The lowest BCUT2D eigenvalue weighted by Crippen LogP contribution is -2.30. The quantitative estimate of drug-likeness (QED) is 0.855. The summed E-state index contributed by atoms with van der Waals surface area (Å²) in [6, 6.07) is 16.6. The van der Waals surface area contributed by atoms with Crippen molar-refractivity contribution in [2.45, 2.75) is 19.4 Å². The third-order valence-corrected chi connectivity index (χ3v) is 4.61. The summed E-state index contributed by atoms with van der Waals surface area (Å²) in [5, 5.41) is 3.15. The van der Waals surface area contributed by atoms with Crippen LogP contribution in [-0.2, 0) is 4.74 Å². The van der Waals surface area contributed by atoms with Crippen molar-refractivity contribution in [3.63, 3.8) is 0 Å². The molecule has 4 nitrogen and oxygen atoms in total. The highest BCUT2D eigenvalue weighted by molar-refractivity contribution is 5.96. The molecule has 0 saturated heterocycles. The molecule has 24 heavy (non-hydrogen) atoms. The van der Waals surface area contributed by atoms with E-state index in [0.717, 1.165) is 12.0 Å². The topological polar surface area (TPSA) is 55.4 Å². The minimum Gasteiger partial charge on any atom is -0.465 e. The number of benzene rings is 2. The van der Waals surface area contributed by atoms with E-state index in [9.17, 15) is 9.59 Å². The lowest BCUT2D eigenvalue weighted by Gasteiger charge is -2.19. The van der Waals surface area contributed by atoms with Crippen molar-refractivity contribution in [1.29, 1.82) is 0 Å². The van der Waals surface area contributed by atoms with Crippen molar-refractivity contribution in [2.24, 2.45) is 11.8 Å². The molecule has 3 rings (SSSR count). The van der Waals surface area contributed by atoms with Crippen molar-refractivity contribution in [2.75, 3.05) is 7.11 Å². The largest absolute Gasteiger partial charge is 0.465 e. The first-order valence-electron chi connectivity index (χ1n) is 8.14. The molecule has 1 amide bonds. The van der Waals surface area contributed by atoms with E-state index < -0.39 is 5.97 Å². The van der Waals surface area contributed by atoms with Crippen LogP contribution in [0.5, 0.6) is 0 Å². The minimum atomic E-state index is -0.407. The standard InChI is InChI=1S/C20H21NO3/c1-13-12-17(13)18(14-6-4-3-5-7-14)21-19(22)15-8-10-16(11-9-15)20(23)24-2/h3-11,13,17-18H,12H2,1-2H3,(H,21,22). The molecule has 4 heteroatoms. The number of rotatable bonds is 5. The highest BCUT2D eigenvalue weighted by atomic mass is 16.5. The van der Waals surface area contributed by atoms with Gasteiger partial charge in [0.15, 0.2) is 0 Å².